The van der Waals surface area contributed by atoms with Gasteiger partial charge in [0.2, 0.25) is 0 Å². The number of nitrogens with one attached hydrogen (secondary N) is 2. The first kappa shape index (κ1) is 15.9. The minimum atomic E-state index is -0.789. The molecule has 3 rings (SSSR count). The quantitative estimate of drug-likeness (QED) is 0.592. The molecule has 2 N–H and O–H groups in total. The van der Waals surface area contributed by atoms with Gasteiger partial charge in [-0.25, -0.2) is 4.79 Å². The number of aryl methyl sites for hydroxylation is 2. The summed E-state index contributed by atoms with van der Waals surface area (Å²) >= 11 is 0. The summed E-state index contributed by atoms with van der Waals surface area (Å²) in [4.78, 5) is 25.2. The highest BCUT2D eigenvalue weighted by Crippen LogP contribution is 2.19. The number of amides is 3. The summed E-state index contributed by atoms with van der Waals surface area (Å²) in [5.41, 5.74) is -0.789. The zero-order valence-electron chi connectivity index (χ0n) is 13.9. The molecule has 23 heavy (non-hydrogen) atoms. The minimum Gasteiger partial charge on any atom is -0.324 e. The predicted molar refractivity (Wildman–Crippen MR) is 83.8 cm³/mol. The van der Waals surface area contributed by atoms with E-state index in [0.29, 0.717) is 19.0 Å². The fraction of sp³-hybridized carbons (Fsp3) is 0.733. The number of nitrogens with zero attached hydrogens (tertiary/aromatic N) is 4. The van der Waals surface area contributed by atoms with E-state index >= 15 is 0 Å². The molecule has 2 aliphatic heterocycles. The van der Waals surface area contributed by atoms with Crippen molar-refractivity contribution in [2.45, 2.75) is 45.7 Å². The summed E-state index contributed by atoms with van der Waals surface area (Å²) in [6.07, 6.45) is 2.04. The molecule has 0 radical (unpaired) electrons. The Kier molecular flexibility index (Phi) is 4.09. The van der Waals surface area contributed by atoms with Crippen molar-refractivity contribution in [3.63, 3.8) is 0 Å². The first-order valence-corrected chi connectivity index (χ1v) is 8.12. The van der Waals surface area contributed by atoms with Crippen molar-refractivity contribution in [1.29, 1.82) is 0 Å². The summed E-state index contributed by atoms with van der Waals surface area (Å²) < 4.78 is 2.18. The van der Waals surface area contributed by atoms with Gasteiger partial charge < -0.3 is 15.2 Å². The van der Waals surface area contributed by atoms with Gasteiger partial charge in [0.1, 0.15) is 17.2 Å². The molecule has 8 heteroatoms. The number of carbonyl (C=O) groups is 2. The van der Waals surface area contributed by atoms with Crippen LogP contribution >= 0.6 is 0 Å². The van der Waals surface area contributed by atoms with Crippen LogP contribution < -0.4 is 10.6 Å². The van der Waals surface area contributed by atoms with Gasteiger partial charge >= 0.3 is 6.03 Å². The molecule has 0 unspecified atom stereocenters. The van der Waals surface area contributed by atoms with Gasteiger partial charge in [0, 0.05) is 26.1 Å². The summed E-state index contributed by atoms with van der Waals surface area (Å²) in [6.45, 7) is 8.23. The Labute approximate surface area is 135 Å². The minimum absolute atomic E-state index is 0.160. The zero-order valence-corrected chi connectivity index (χ0v) is 13.9. The molecule has 1 aromatic heterocycles. The molecule has 0 spiro atoms. The van der Waals surface area contributed by atoms with Crippen molar-refractivity contribution in [3.05, 3.63) is 11.6 Å². The first-order valence-electron chi connectivity index (χ1n) is 8.12. The summed E-state index contributed by atoms with van der Waals surface area (Å²) in [6, 6.07) is -0.302. The SMILES string of the molecule is Cc1nnc2n1C[C@@H](CNCCN1C(=O)NC(C)(C)C1=O)CC2. The zero-order chi connectivity index (χ0) is 16.6. The second kappa shape index (κ2) is 5.92. The number of urea groups is 1. The summed E-state index contributed by atoms with van der Waals surface area (Å²) in [5, 5.41) is 14.3. The Hall–Kier alpha value is -1.96. The summed E-state index contributed by atoms with van der Waals surface area (Å²) in [5.74, 6) is 2.40. The maximum Gasteiger partial charge on any atom is 0.325 e. The highest BCUT2D eigenvalue weighted by atomic mass is 16.2. The molecule has 0 saturated carbocycles. The van der Waals surface area contributed by atoms with Gasteiger partial charge in [0.25, 0.3) is 5.91 Å². The Morgan fingerprint density at radius 3 is 2.83 bits per heavy atom. The molecule has 1 saturated heterocycles. The highest BCUT2D eigenvalue weighted by Gasteiger charge is 2.43. The monoisotopic (exact) mass is 320 g/mol. The van der Waals surface area contributed by atoms with E-state index in [1.165, 1.54) is 4.90 Å². The topological polar surface area (TPSA) is 92.2 Å². The molecule has 1 atom stereocenters. The summed E-state index contributed by atoms with van der Waals surface area (Å²) in [7, 11) is 0. The Morgan fingerprint density at radius 1 is 1.35 bits per heavy atom. The molecule has 0 bridgehead atoms. The fourth-order valence-corrected chi connectivity index (χ4v) is 3.21. The molecule has 126 valence electrons. The van der Waals surface area contributed by atoms with E-state index < -0.39 is 5.54 Å². The van der Waals surface area contributed by atoms with E-state index in [0.717, 1.165) is 37.6 Å². The Bertz CT molecular complexity index is 623. The molecule has 8 nitrogen and oxygen atoms in total. The van der Waals surface area contributed by atoms with Crippen LogP contribution in [-0.2, 0) is 17.8 Å². The lowest BCUT2D eigenvalue weighted by Gasteiger charge is -2.24. The van der Waals surface area contributed by atoms with Crippen LogP contribution in [0.4, 0.5) is 4.79 Å². The third-order valence-corrected chi connectivity index (χ3v) is 4.62. The molecule has 1 fully saturated rings. The second-order valence-corrected chi connectivity index (χ2v) is 6.89. The van der Waals surface area contributed by atoms with Crippen molar-refractivity contribution < 1.29 is 9.59 Å². The number of carbonyl (C=O) groups excluding carboxylic acids is 2. The number of imide groups is 1. The number of fused-ring (bicyclic) bond motifs is 1. The van der Waals surface area contributed by atoms with Crippen molar-refractivity contribution in [3.8, 4) is 0 Å². The maximum absolute atomic E-state index is 12.1. The molecule has 0 aliphatic carbocycles. The normalized spacial score (nSPS) is 23.1. The second-order valence-electron chi connectivity index (χ2n) is 6.89. The van der Waals surface area contributed by atoms with Crippen molar-refractivity contribution in [2.24, 2.45) is 5.92 Å². The molecule has 1 aromatic rings. The van der Waals surface area contributed by atoms with E-state index in [2.05, 4.69) is 25.4 Å². The standard InChI is InChI=1S/C15H24N6O2/c1-10-18-19-12-5-4-11(9-21(10)12)8-16-6-7-20-13(22)15(2,3)17-14(20)23/h11,16H,4-9H2,1-3H3,(H,17,23)/t11-/m1/s1. The smallest absolute Gasteiger partial charge is 0.324 e. The average molecular weight is 320 g/mol. The van der Waals surface area contributed by atoms with Crippen LogP contribution in [0.15, 0.2) is 0 Å². The molecule has 0 aromatic carbocycles. The molecule has 3 heterocycles. The lowest BCUT2D eigenvalue weighted by Crippen LogP contribution is -2.41. The Morgan fingerprint density at radius 2 is 2.13 bits per heavy atom. The van der Waals surface area contributed by atoms with Crippen LogP contribution in [0.25, 0.3) is 0 Å². The lowest BCUT2D eigenvalue weighted by molar-refractivity contribution is -0.130. The van der Waals surface area contributed by atoms with Gasteiger partial charge in [-0.15, -0.1) is 10.2 Å². The molecular weight excluding hydrogens is 296 g/mol. The predicted octanol–water partition coefficient (Wildman–Crippen LogP) is 0.0689. The van der Waals surface area contributed by atoms with Gasteiger partial charge in [-0.3, -0.25) is 9.69 Å². The number of hydrogen-bond acceptors (Lipinski definition) is 5. The Balaban J connectivity index is 1.44. The van der Waals surface area contributed by atoms with Gasteiger partial charge in [0.15, 0.2) is 0 Å². The van der Waals surface area contributed by atoms with Crippen LogP contribution in [0.5, 0.6) is 0 Å². The van der Waals surface area contributed by atoms with Gasteiger partial charge in [0.05, 0.1) is 0 Å². The largest absolute Gasteiger partial charge is 0.325 e. The average Bonchev–Trinajstić information content (AvgIpc) is 2.95. The number of hydrogen-bond donors (Lipinski definition) is 2. The third kappa shape index (κ3) is 3.08. The number of aromatic nitrogens is 3. The van der Waals surface area contributed by atoms with E-state index in [9.17, 15) is 9.59 Å². The molecular formula is C15H24N6O2. The van der Waals surface area contributed by atoms with Crippen LogP contribution in [0.2, 0.25) is 0 Å². The maximum atomic E-state index is 12.1. The third-order valence-electron chi connectivity index (χ3n) is 4.62. The molecule has 2 aliphatic rings. The van der Waals surface area contributed by atoms with Crippen LogP contribution in [0.3, 0.4) is 0 Å². The van der Waals surface area contributed by atoms with Crippen molar-refractivity contribution in [2.75, 3.05) is 19.6 Å². The van der Waals surface area contributed by atoms with E-state index in [4.69, 9.17) is 0 Å². The van der Waals surface area contributed by atoms with E-state index in [1.807, 2.05) is 6.92 Å². The van der Waals surface area contributed by atoms with Crippen LogP contribution in [0, 0.1) is 12.8 Å². The van der Waals surface area contributed by atoms with Gasteiger partial charge in [-0.05, 0) is 39.7 Å². The van der Waals surface area contributed by atoms with Crippen molar-refractivity contribution in [1.82, 2.24) is 30.3 Å². The highest BCUT2D eigenvalue weighted by molar-refractivity contribution is 6.06. The lowest BCUT2D eigenvalue weighted by atomic mass is 9.99. The first-order chi connectivity index (χ1) is 10.9. The van der Waals surface area contributed by atoms with Gasteiger partial charge in [-0.1, -0.05) is 0 Å². The van der Waals surface area contributed by atoms with Gasteiger partial charge in [-0.2, -0.15) is 0 Å². The van der Waals surface area contributed by atoms with Crippen molar-refractivity contribution >= 4 is 11.9 Å². The van der Waals surface area contributed by atoms with Crippen LogP contribution in [-0.4, -0.2) is 56.8 Å². The van der Waals surface area contributed by atoms with Crippen LogP contribution in [0.1, 0.15) is 31.9 Å². The van der Waals surface area contributed by atoms with E-state index in [1.54, 1.807) is 13.8 Å². The molecule has 3 amide bonds. The fourth-order valence-electron chi connectivity index (χ4n) is 3.21. The number of rotatable bonds is 5. The van der Waals surface area contributed by atoms with E-state index in [-0.39, 0.29) is 11.9 Å².